The monoisotopic (exact) mass is 368 g/mol. The van der Waals surface area contributed by atoms with Gasteiger partial charge in [0.15, 0.2) is 5.78 Å². The zero-order valence-electron chi connectivity index (χ0n) is 15.8. The highest BCUT2D eigenvalue weighted by molar-refractivity contribution is 7.86. The van der Waals surface area contributed by atoms with E-state index in [1.807, 2.05) is 6.92 Å². The van der Waals surface area contributed by atoms with Crippen LogP contribution in [0, 0.1) is 6.92 Å². The molecule has 1 aromatic carbocycles. The number of aryl methyl sites for hydroxylation is 1. The molecule has 0 aromatic heterocycles. The molecule has 1 aromatic rings. The molecule has 0 aliphatic heterocycles. The molecule has 25 heavy (non-hydrogen) atoms. The van der Waals surface area contributed by atoms with E-state index in [2.05, 4.69) is 6.92 Å². The lowest BCUT2D eigenvalue weighted by Crippen LogP contribution is -2.26. The summed E-state index contributed by atoms with van der Waals surface area (Å²) in [7, 11) is -3.90. The molecule has 0 saturated carbocycles. The van der Waals surface area contributed by atoms with Crippen molar-refractivity contribution in [3.8, 4) is 0 Å². The zero-order chi connectivity index (χ0) is 18.7. The fourth-order valence-corrected chi connectivity index (χ4v) is 3.81. The lowest BCUT2D eigenvalue weighted by atomic mass is 10.0. The van der Waals surface area contributed by atoms with Gasteiger partial charge in [0, 0.05) is 6.42 Å². The molecular weight excluding hydrogens is 336 g/mol. The van der Waals surface area contributed by atoms with Gasteiger partial charge in [-0.05, 0) is 31.9 Å². The average molecular weight is 369 g/mol. The number of hydrogen-bond acceptors (Lipinski definition) is 4. The Morgan fingerprint density at radius 3 is 2.08 bits per heavy atom. The summed E-state index contributed by atoms with van der Waals surface area (Å²) < 4.78 is 29.8. The van der Waals surface area contributed by atoms with Crippen LogP contribution in [0.25, 0.3) is 0 Å². The van der Waals surface area contributed by atoms with Gasteiger partial charge in [0.1, 0.15) is 6.10 Å². The van der Waals surface area contributed by atoms with E-state index in [0.29, 0.717) is 12.8 Å². The fraction of sp³-hybridized carbons (Fsp3) is 0.650. The summed E-state index contributed by atoms with van der Waals surface area (Å²) in [6.07, 6.45) is 7.75. The zero-order valence-corrected chi connectivity index (χ0v) is 16.6. The van der Waals surface area contributed by atoms with Crippen LogP contribution in [0.5, 0.6) is 0 Å². The predicted molar refractivity (Wildman–Crippen MR) is 101 cm³/mol. The van der Waals surface area contributed by atoms with Gasteiger partial charge in [-0.2, -0.15) is 8.42 Å². The first-order chi connectivity index (χ1) is 11.9. The Bertz CT molecular complexity index is 605. The Balaban J connectivity index is 2.46. The number of rotatable bonds is 13. The fourth-order valence-electron chi connectivity index (χ4n) is 2.68. The summed E-state index contributed by atoms with van der Waals surface area (Å²) >= 11 is 0. The molecule has 1 unspecified atom stereocenters. The molecule has 4 nitrogen and oxygen atoms in total. The molecule has 0 bridgehead atoms. The highest BCUT2D eigenvalue weighted by Crippen LogP contribution is 2.18. The van der Waals surface area contributed by atoms with E-state index < -0.39 is 16.2 Å². The van der Waals surface area contributed by atoms with Gasteiger partial charge in [-0.25, -0.2) is 0 Å². The van der Waals surface area contributed by atoms with Crippen LogP contribution in [0.1, 0.15) is 77.2 Å². The minimum absolute atomic E-state index is 0.0975. The van der Waals surface area contributed by atoms with Crippen LogP contribution in [0.4, 0.5) is 0 Å². The van der Waals surface area contributed by atoms with E-state index in [9.17, 15) is 13.2 Å². The van der Waals surface area contributed by atoms with Gasteiger partial charge in [-0.1, -0.05) is 70.1 Å². The molecule has 5 heteroatoms. The number of ketones is 1. The van der Waals surface area contributed by atoms with Crippen molar-refractivity contribution in [2.45, 2.75) is 89.6 Å². The van der Waals surface area contributed by atoms with E-state index in [4.69, 9.17) is 4.18 Å². The summed E-state index contributed by atoms with van der Waals surface area (Å²) in [4.78, 5) is 12.4. The quantitative estimate of drug-likeness (QED) is 0.355. The highest BCUT2D eigenvalue weighted by atomic mass is 32.2. The van der Waals surface area contributed by atoms with Gasteiger partial charge in [0.2, 0.25) is 0 Å². The van der Waals surface area contributed by atoms with Gasteiger partial charge in [0.25, 0.3) is 10.1 Å². The number of Topliss-reactive ketones (excluding diaryl/α,β-unsaturated/α-hetero) is 1. The maximum atomic E-state index is 12.3. The Morgan fingerprint density at radius 1 is 0.960 bits per heavy atom. The molecule has 1 atom stereocenters. The van der Waals surface area contributed by atoms with E-state index in [0.717, 1.165) is 24.8 Å². The van der Waals surface area contributed by atoms with Crippen molar-refractivity contribution in [3.05, 3.63) is 29.8 Å². The number of benzene rings is 1. The maximum Gasteiger partial charge on any atom is 0.297 e. The first kappa shape index (κ1) is 21.8. The molecule has 0 aliphatic rings. The van der Waals surface area contributed by atoms with E-state index >= 15 is 0 Å². The molecule has 0 N–H and O–H groups in total. The third-order valence-corrected chi connectivity index (χ3v) is 5.64. The molecule has 0 heterocycles. The summed E-state index contributed by atoms with van der Waals surface area (Å²) in [5.74, 6) is -0.119. The number of carbonyl (C=O) groups excluding carboxylic acids is 1. The third kappa shape index (κ3) is 8.15. The van der Waals surface area contributed by atoms with Gasteiger partial charge < -0.3 is 0 Å². The predicted octanol–water partition coefficient (Wildman–Crippen LogP) is 5.19. The first-order valence-corrected chi connectivity index (χ1v) is 10.8. The first-order valence-electron chi connectivity index (χ1n) is 9.43. The lowest BCUT2D eigenvalue weighted by molar-refractivity contribution is -0.125. The van der Waals surface area contributed by atoms with Crippen molar-refractivity contribution >= 4 is 15.9 Å². The van der Waals surface area contributed by atoms with Crippen LogP contribution < -0.4 is 0 Å². The van der Waals surface area contributed by atoms with Crippen LogP contribution in [0.15, 0.2) is 29.2 Å². The Kier molecular flexibility index (Phi) is 9.98. The molecular formula is C20H32O4S. The van der Waals surface area contributed by atoms with Gasteiger partial charge >= 0.3 is 0 Å². The van der Waals surface area contributed by atoms with Crippen LogP contribution >= 0.6 is 0 Å². The average Bonchev–Trinajstić information content (AvgIpc) is 2.59. The van der Waals surface area contributed by atoms with Gasteiger partial charge in [0.05, 0.1) is 4.90 Å². The van der Waals surface area contributed by atoms with Crippen molar-refractivity contribution < 1.29 is 17.4 Å². The molecule has 0 amide bonds. The Morgan fingerprint density at radius 2 is 1.52 bits per heavy atom. The number of hydrogen-bond donors (Lipinski definition) is 0. The summed E-state index contributed by atoms with van der Waals surface area (Å²) in [6, 6.07) is 6.46. The summed E-state index contributed by atoms with van der Waals surface area (Å²) in [5, 5.41) is 0. The molecule has 0 fully saturated rings. The maximum absolute atomic E-state index is 12.3. The number of unbranched alkanes of at least 4 members (excludes halogenated alkanes) is 6. The molecule has 0 spiro atoms. The smallest absolute Gasteiger partial charge is 0.297 e. The van der Waals surface area contributed by atoms with Gasteiger partial charge in [-0.3, -0.25) is 8.98 Å². The van der Waals surface area contributed by atoms with Crippen molar-refractivity contribution in [3.63, 3.8) is 0 Å². The SMILES string of the molecule is CCCCCCCCCC(=O)C(CC)OS(=O)(=O)c1ccc(C)cc1. The van der Waals surface area contributed by atoms with Crippen molar-refractivity contribution in [2.24, 2.45) is 0 Å². The van der Waals surface area contributed by atoms with Crippen molar-refractivity contribution in [2.75, 3.05) is 0 Å². The Hall–Kier alpha value is -1.20. The summed E-state index contributed by atoms with van der Waals surface area (Å²) in [6.45, 7) is 5.85. The van der Waals surface area contributed by atoms with E-state index in [1.54, 1.807) is 19.1 Å². The largest absolute Gasteiger partial charge is 0.297 e. The second-order valence-electron chi connectivity index (χ2n) is 6.60. The second-order valence-corrected chi connectivity index (χ2v) is 8.17. The van der Waals surface area contributed by atoms with Crippen molar-refractivity contribution in [1.29, 1.82) is 0 Å². The summed E-state index contributed by atoms with van der Waals surface area (Å²) in [5.41, 5.74) is 0.973. The van der Waals surface area contributed by atoms with Crippen LogP contribution in [-0.2, 0) is 19.1 Å². The second kappa shape index (κ2) is 11.4. The third-order valence-electron chi connectivity index (χ3n) is 4.31. The molecule has 0 saturated heterocycles. The molecule has 0 radical (unpaired) electrons. The van der Waals surface area contributed by atoms with Crippen molar-refractivity contribution in [1.82, 2.24) is 0 Å². The van der Waals surface area contributed by atoms with Gasteiger partial charge in [-0.15, -0.1) is 0 Å². The van der Waals surface area contributed by atoms with Crippen LogP contribution in [0.3, 0.4) is 0 Å². The molecule has 142 valence electrons. The molecule has 0 aliphatic carbocycles. The topological polar surface area (TPSA) is 60.4 Å². The lowest BCUT2D eigenvalue weighted by Gasteiger charge is -2.15. The minimum Gasteiger partial charge on any atom is -0.297 e. The van der Waals surface area contributed by atoms with E-state index in [-0.39, 0.29) is 10.7 Å². The normalized spacial score (nSPS) is 12.9. The standard InChI is InChI=1S/C20H32O4S/c1-4-6-7-8-9-10-11-12-19(21)20(5-2)24-25(22,23)18-15-13-17(3)14-16-18/h13-16,20H,4-12H2,1-3H3. The number of carbonyl (C=O) groups is 1. The molecule has 1 rings (SSSR count). The van der Waals surface area contributed by atoms with Crippen LogP contribution in [-0.4, -0.2) is 20.3 Å². The Labute approximate surface area is 153 Å². The van der Waals surface area contributed by atoms with E-state index in [1.165, 1.54) is 37.8 Å². The highest BCUT2D eigenvalue weighted by Gasteiger charge is 2.25. The minimum atomic E-state index is -3.90. The van der Waals surface area contributed by atoms with Crippen LogP contribution in [0.2, 0.25) is 0 Å².